The predicted molar refractivity (Wildman–Crippen MR) is 84.5 cm³/mol. The van der Waals surface area contributed by atoms with Crippen molar-refractivity contribution in [2.24, 2.45) is 5.84 Å². The second kappa shape index (κ2) is 6.82. The summed E-state index contributed by atoms with van der Waals surface area (Å²) in [5.41, 5.74) is 5.45. The highest BCUT2D eigenvalue weighted by molar-refractivity contribution is 9.11. The van der Waals surface area contributed by atoms with Gasteiger partial charge in [0.2, 0.25) is 0 Å². The summed E-state index contributed by atoms with van der Waals surface area (Å²) in [5.74, 6) is 5.68. The van der Waals surface area contributed by atoms with Crippen LogP contribution in [0, 0.1) is 0 Å². The van der Waals surface area contributed by atoms with E-state index in [1.54, 1.807) is 11.3 Å². The van der Waals surface area contributed by atoms with Crippen molar-refractivity contribution in [1.82, 2.24) is 5.43 Å². The molecular formula is C13H14Br2N2S. The van der Waals surface area contributed by atoms with E-state index < -0.39 is 0 Å². The second-order valence-corrected chi connectivity index (χ2v) is 6.61. The molecule has 1 heterocycles. The summed E-state index contributed by atoms with van der Waals surface area (Å²) < 4.78 is 2.15. The van der Waals surface area contributed by atoms with Crippen molar-refractivity contribution in [2.75, 3.05) is 0 Å². The van der Waals surface area contributed by atoms with Crippen LogP contribution in [0.15, 0.2) is 44.0 Å². The third kappa shape index (κ3) is 3.65. The number of rotatable bonds is 5. The third-order valence-electron chi connectivity index (χ3n) is 2.84. The summed E-state index contributed by atoms with van der Waals surface area (Å²) in [6, 6.07) is 8.46. The zero-order valence-electron chi connectivity index (χ0n) is 9.70. The van der Waals surface area contributed by atoms with E-state index in [1.165, 1.54) is 11.1 Å². The summed E-state index contributed by atoms with van der Waals surface area (Å²) in [6.07, 6.45) is 2.00. The number of nitrogens with one attached hydrogen (secondary N) is 1. The van der Waals surface area contributed by atoms with Crippen molar-refractivity contribution < 1.29 is 0 Å². The van der Waals surface area contributed by atoms with Crippen LogP contribution in [0.4, 0.5) is 0 Å². The highest BCUT2D eigenvalue weighted by Gasteiger charge is 2.13. The number of hydrogen-bond donors (Lipinski definition) is 2. The first-order valence-electron chi connectivity index (χ1n) is 5.63. The molecule has 18 heavy (non-hydrogen) atoms. The van der Waals surface area contributed by atoms with Crippen LogP contribution < -0.4 is 11.3 Å². The van der Waals surface area contributed by atoms with Gasteiger partial charge in [-0.15, -0.1) is 0 Å². The van der Waals surface area contributed by atoms with Gasteiger partial charge in [-0.2, -0.15) is 11.3 Å². The van der Waals surface area contributed by atoms with Crippen LogP contribution >= 0.6 is 43.2 Å². The van der Waals surface area contributed by atoms with Gasteiger partial charge in [-0.1, -0.05) is 31.9 Å². The normalized spacial score (nSPS) is 12.6. The molecule has 2 nitrogen and oxygen atoms in total. The molecule has 1 aromatic heterocycles. The Bertz CT molecular complexity index is 500. The lowest BCUT2D eigenvalue weighted by Gasteiger charge is -2.18. The minimum Gasteiger partial charge on any atom is -0.271 e. The lowest BCUT2D eigenvalue weighted by Crippen LogP contribution is -2.28. The molecule has 0 radical (unpaired) electrons. The maximum Gasteiger partial charge on any atom is 0.0474 e. The molecule has 0 aliphatic heterocycles. The Morgan fingerprint density at radius 2 is 2.11 bits per heavy atom. The lowest BCUT2D eigenvalue weighted by atomic mass is 10.0. The number of hydrazine groups is 1. The molecule has 0 saturated carbocycles. The summed E-state index contributed by atoms with van der Waals surface area (Å²) in [5, 5.41) is 4.29. The number of hydrogen-bond acceptors (Lipinski definition) is 3. The van der Waals surface area contributed by atoms with Crippen LogP contribution in [-0.2, 0) is 6.42 Å². The fraction of sp³-hybridized carbons (Fsp3) is 0.231. The van der Waals surface area contributed by atoms with Crippen LogP contribution in [-0.4, -0.2) is 0 Å². The minimum atomic E-state index is 0.150. The molecule has 5 heteroatoms. The number of nitrogens with two attached hydrogens (primary N) is 1. The summed E-state index contributed by atoms with van der Waals surface area (Å²) in [6.45, 7) is 0. The fourth-order valence-electron chi connectivity index (χ4n) is 1.86. The van der Waals surface area contributed by atoms with Gasteiger partial charge < -0.3 is 0 Å². The molecule has 0 amide bonds. The number of halogens is 2. The molecule has 96 valence electrons. The van der Waals surface area contributed by atoms with Gasteiger partial charge in [-0.05, 0) is 59.0 Å². The molecule has 2 aromatic rings. The zero-order chi connectivity index (χ0) is 13.0. The van der Waals surface area contributed by atoms with Gasteiger partial charge in [0.1, 0.15) is 0 Å². The number of aryl methyl sites for hydroxylation is 1. The van der Waals surface area contributed by atoms with Crippen molar-refractivity contribution in [3.63, 3.8) is 0 Å². The average Bonchev–Trinajstić information content (AvgIpc) is 2.87. The van der Waals surface area contributed by atoms with E-state index in [-0.39, 0.29) is 6.04 Å². The van der Waals surface area contributed by atoms with Gasteiger partial charge >= 0.3 is 0 Å². The van der Waals surface area contributed by atoms with Gasteiger partial charge in [0.05, 0.1) is 0 Å². The van der Waals surface area contributed by atoms with Crippen molar-refractivity contribution in [1.29, 1.82) is 0 Å². The Kier molecular flexibility index (Phi) is 5.38. The smallest absolute Gasteiger partial charge is 0.0474 e. The van der Waals surface area contributed by atoms with Crippen LogP contribution in [0.2, 0.25) is 0 Å². The number of benzene rings is 1. The predicted octanol–water partition coefficient (Wildman–Crippen LogP) is 4.41. The molecule has 1 aromatic carbocycles. The Hall–Kier alpha value is -0.200. The van der Waals surface area contributed by atoms with Crippen molar-refractivity contribution in [2.45, 2.75) is 18.9 Å². The molecule has 2 rings (SSSR count). The van der Waals surface area contributed by atoms with E-state index in [1.807, 2.05) is 12.1 Å². The SMILES string of the molecule is NNC(CCc1ccsc1)c1cc(Br)ccc1Br. The zero-order valence-corrected chi connectivity index (χ0v) is 13.7. The highest BCUT2D eigenvalue weighted by Crippen LogP contribution is 2.29. The summed E-state index contributed by atoms with van der Waals surface area (Å²) >= 11 is 8.80. The lowest BCUT2D eigenvalue weighted by molar-refractivity contribution is 0.515. The van der Waals surface area contributed by atoms with E-state index in [2.05, 4.69) is 60.2 Å². The first-order valence-corrected chi connectivity index (χ1v) is 8.15. The van der Waals surface area contributed by atoms with Gasteiger partial charge in [-0.25, -0.2) is 0 Å². The molecule has 0 aliphatic rings. The minimum absolute atomic E-state index is 0.150. The van der Waals surface area contributed by atoms with E-state index in [9.17, 15) is 0 Å². The topological polar surface area (TPSA) is 38.0 Å². The second-order valence-electron chi connectivity index (χ2n) is 4.06. The first-order chi connectivity index (χ1) is 8.70. The first kappa shape index (κ1) is 14.2. The quantitative estimate of drug-likeness (QED) is 0.587. The molecule has 0 aliphatic carbocycles. The van der Waals surface area contributed by atoms with E-state index in [0.29, 0.717) is 0 Å². The van der Waals surface area contributed by atoms with Crippen LogP contribution in [0.3, 0.4) is 0 Å². The molecule has 0 bridgehead atoms. The van der Waals surface area contributed by atoms with Gasteiger partial charge in [-0.3, -0.25) is 11.3 Å². The molecule has 0 saturated heterocycles. The average molecular weight is 390 g/mol. The van der Waals surface area contributed by atoms with E-state index in [4.69, 9.17) is 5.84 Å². The fourth-order valence-corrected chi connectivity index (χ4v) is 3.46. The maximum absolute atomic E-state index is 5.68. The number of thiophene rings is 1. The Labute approximate surface area is 128 Å². The Morgan fingerprint density at radius 1 is 1.28 bits per heavy atom. The highest BCUT2D eigenvalue weighted by atomic mass is 79.9. The van der Waals surface area contributed by atoms with Crippen molar-refractivity contribution in [3.8, 4) is 0 Å². The molecule has 0 fully saturated rings. The summed E-state index contributed by atoms with van der Waals surface area (Å²) in [4.78, 5) is 0. The largest absolute Gasteiger partial charge is 0.271 e. The molecule has 3 N–H and O–H groups in total. The summed E-state index contributed by atoms with van der Waals surface area (Å²) in [7, 11) is 0. The molecule has 1 unspecified atom stereocenters. The molecule has 0 spiro atoms. The van der Waals surface area contributed by atoms with E-state index >= 15 is 0 Å². The van der Waals surface area contributed by atoms with E-state index in [0.717, 1.165) is 21.8 Å². The standard InChI is InChI=1S/C13H14Br2N2S/c14-10-2-3-12(15)11(7-10)13(17-16)4-1-9-5-6-18-8-9/h2-3,5-8,13,17H,1,4,16H2. The van der Waals surface area contributed by atoms with Gasteiger partial charge in [0.25, 0.3) is 0 Å². The van der Waals surface area contributed by atoms with Crippen molar-refractivity contribution >= 4 is 43.2 Å². The maximum atomic E-state index is 5.68. The van der Waals surface area contributed by atoms with Crippen LogP contribution in [0.25, 0.3) is 0 Å². The Morgan fingerprint density at radius 3 is 2.78 bits per heavy atom. The third-order valence-corrected chi connectivity index (χ3v) is 4.78. The van der Waals surface area contributed by atoms with Gasteiger partial charge in [0.15, 0.2) is 0 Å². The van der Waals surface area contributed by atoms with Crippen molar-refractivity contribution in [3.05, 3.63) is 55.1 Å². The Balaban J connectivity index is 2.10. The monoisotopic (exact) mass is 388 g/mol. The molecule has 1 atom stereocenters. The van der Waals surface area contributed by atoms with Crippen LogP contribution in [0.1, 0.15) is 23.6 Å². The van der Waals surface area contributed by atoms with Gasteiger partial charge in [0, 0.05) is 15.0 Å². The van der Waals surface area contributed by atoms with Crippen LogP contribution in [0.5, 0.6) is 0 Å². The molecular weight excluding hydrogens is 376 g/mol.